The maximum absolute atomic E-state index is 2.54. The molecule has 0 nitrogen and oxygen atoms in total. The zero-order valence-corrected chi connectivity index (χ0v) is 28.0. The Morgan fingerprint density at radius 3 is 1.54 bits per heavy atom. The molecular weight excluding hydrogens is 621 g/mol. The lowest BCUT2D eigenvalue weighted by Crippen LogP contribution is -2.32. The van der Waals surface area contributed by atoms with Gasteiger partial charge in [-0.15, -0.1) is 0 Å². The van der Waals surface area contributed by atoms with E-state index in [1.807, 2.05) is 11.8 Å². The van der Waals surface area contributed by atoms with E-state index in [0.717, 1.165) is 0 Å². The fourth-order valence-electron chi connectivity index (χ4n) is 8.90. The third-order valence-corrected chi connectivity index (χ3v) is 12.2. The van der Waals surface area contributed by atoms with Gasteiger partial charge in [-0.25, -0.2) is 0 Å². The fourth-order valence-corrected chi connectivity index (χ4v) is 10.1. The quantitative estimate of drug-likeness (QED) is 0.179. The molecule has 0 atom stereocenters. The molecule has 0 aromatic heterocycles. The van der Waals surface area contributed by atoms with Gasteiger partial charge >= 0.3 is 0 Å². The van der Waals surface area contributed by atoms with Crippen LogP contribution in [-0.4, -0.2) is 0 Å². The van der Waals surface area contributed by atoms with Crippen molar-refractivity contribution in [1.82, 2.24) is 0 Å². The minimum Gasteiger partial charge on any atom is -0.0894 e. The molecule has 1 heterocycles. The Hall–Kier alpha value is -5.89. The summed E-state index contributed by atoms with van der Waals surface area (Å²) >= 11 is 1.90. The molecule has 11 rings (SSSR count). The molecule has 0 radical (unpaired) electrons. The van der Waals surface area contributed by atoms with Crippen LogP contribution in [0.4, 0.5) is 0 Å². The van der Waals surface area contributed by atoms with Crippen molar-refractivity contribution < 1.29 is 0 Å². The van der Waals surface area contributed by atoms with E-state index in [0.29, 0.717) is 0 Å². The van der Waals surface area contributed by atoms with Crippen molar-refractivity contribution in [3.63, 3.8) is 0 Å². The average Bonchev–Trinajstić information content (AvgIpc) is 3.47. The molecule has 0 amide bonds. The van der Waals surface area contributed by atoms with E-state index in [9.17, 15) is 0 Å². The fraction of sp³-hybridized carbons (Fsp3) is 0.0204. The monoisotopic (exact) mass is 650 g/mol. The van der Waals surface area contributed by atoms with Crippen LogP contribution in [0.25, 0.3) is 65.7 Å². The lowest BCUT2D eigenvalue weighted by atomic mass is 9.66. The molecule has 0 unspecified atom stereocenters. The molecule has 0 N–H and O–H groups in total. The average molecular weight is 651 g/mol. The smallest absolute Gasteiger partial charge is 0.0736 e. The highest BCUT2D eigenvalue weighted by atomic mass is 32.2. The van der Waals surface area contributed by atoms with Gasteiger partial charge in [-0.2, -0.15) is 0 Å². The highest BCUT2D eigenvalue weighted by Crippen LogP contribution is 2.64. The SMILES string of the molecule is c1ccc2c(c1)Sc1ccccc1C21c2cc(-c3ccc4ccccc4c3)ccc2-c2c1cc(-c1ccc3ccccc3c1)c1ccccc21. The van der Waals surface area contributed by atoms with Crippen LogP contribution in [0.15, 0.2) is 192 Å². The Morgan fingerprint density at radius 1 is 0.320 bits per heavy atom. The molecular formula is C49H30S. The minimum atomic E-state index is -0.481. The van der Waals surface area contributed by atoms with Gasteiger partial charge in [-0.05, 0) is 124 Å². The van der Waals surface area contributed by atoms with Crippen molar-refractivity contribution in [2.24, 2.45) is 0 Å². The van der Waals surface area contributed by atoms with Crippen LogP contribution in [-0.2, 0) is 5.41 Å². The van der Waals surface area contributed by atoms with Crippen molar-refractivity contribution in [1.29, 1.82) is 0 Å². The lowest BCUT2D eigenvalue weighted by Gasteiger charge is -2.40. The van der Waals surface area contributed by atoms with Crippen molar-refractivity contribution in [3.05, 3.63) is 204 Å². The van der Waals surface area contributed by atoms with E-state index in [-0.39, 0.29) is 0 Å². The first kappa shape index (κ1) is 28.0. The van der Waals surface area contributed by atoms with Crippen LogP contribution in [0, 0.1) is 0 Å². The number of hydrogen-bond donors (Lipinski definition) is 0. The van der Waals surface area contributed by atoms with Gasteiger partial charge in [0.05, 0.1) is 5.41 Å². The van der Waals surface area contributed by atoms with Crippen LogP contribution in [0.5, 0.6) is 0 Å². The highest BCUT2D eigenvalue weighted by molar-refractivity contribution is 7.99. The zero-order chi connectivity index (χ0) is 32.8. The summed E-state index contributed by atoms with van der Waals surface area (Å²) in [5.74, 6) is 0. The summed E-state index contributed by atoms with van der Waals surface area (Å²) < 4.78 is 0. The van der Waals surface area contributed by atoms with Crippen LogP contribution in [0.3, 0.4) is 0 Å². The summed E-state index contributed by atoms with van der Waals surface area (Å²) in [5.41, 5.74) is 12.6. The molecule has 0 bridgehead atoms. The molecule has 9 aromatic rings. The first-order valence-corrected chi connectivity index (χ1v) is 18.2. The zero-order valence-electron chi connectivity index (χ0n) is 27.2. The van der Waals surface area contributed by atoms with Crippen molar-refractivity contribution in [3.8, 4) is 33.4 Å². The van der Waals surface area contributed by atoms with E-state index in [2.05, 4.69) is 182 Å². The standard InChI is InChI=1S/C49H30S/c1-3-13-33-27-35(23-21-31(33)11-1)36-25-26-40-44(29-36)49(42-17-7-9-19-46(42)50-47-20-10-8-18-43(47)49)45-30-41(38-15-5-6-16-39(38)48(40)45)37-24-22-32-12-2-4-14-34(32)28-37/h1-30H. The molecule has 0 fully saturated rings. The van der Waals surface area contributed by atoms with E-state index in [4.69, 9.17) is 0 Å². The van der Waals surface area contributed by atoms with Gasteiger partial charge in [-0.1, -0.05) is 157 Å². The molecule has 1 spiro atoms. The van der Waals surface area contributed by atoms with Crippen molar-refractivity contribution in [2.75, 3.05) is 0 Å². The van der Waals surface area contributed by atoms with Crippen LogP contribution in [0.2, 0.25) is 0 Å². The molecule has 9 aromatic carbocycles. The summed E-state index contributed by atoms with van der Waals surface area (Å²) in [5, 5.41) is 7.64. The van der Waals surface area contributed by atoms with Crippen molar-refractivity contribution in [2.45, 2.75) is 15.2 Å². The van der Waals surface area contributed by atoms with Gasteiger partial charge in [0.15, 0.2) is 0 Å². The Morgan fingerprint density at radius 2 is 0.840 bits per heavy atom. The third kappa shape index (κ3) is 3.84. The predicted molar refractivity (Wildman–Crippen MR) is 211 cm³/mol. The van der Waals surface area contributed by atoms with Gasteiger partial charge in [0, 0.05) is 9.79 Å². The second-order valence-electron chi connectivity index (χ2n) is 13.6. The number of rotatable bonds is 2. The van der Waals surface area contributed by atoms with E-state index >= 15 is 0 Å². The van der Waals surface area contributed by atoms with E-state index in [1.165, 1.54) is 97.7 Å². The Kier molecular flexibility index (Phi) is 5.91. The number of benzene rings is 9. The second kappa shape index (κ2) is 10.6. The number of hydrogen-bond acceptors (Lipinski definition) is 1. The maximum Gasteiger partial charge on any atom is 0.0736 e. The Bertz CT molecular complexity index is 2810. The van der Waals surface area contributed by atoms with Gasteiger partial charge in [0.2, 0.25) is 0 Å². The normalized spacial score (nSPS) is 13.7. The summed E-state index contributed by atoms with van der Waals surface area (Å²) in [6.07, 6.45) is 0. The molecule has 0 saturated carbocycles. The summed E-state index contributed by atoms with van der Waals surface area (Å²) in [6.45, 7) is 0. The summed E-state index contributed by atoms with van der Waals surface area (Å²) in [6, 6.07) is 68.2. The molecule has 232 valence electrons. The van der Waals surface area contributed by atoms with Crippen molar-refractivity contribution >= 4 is 44.1 Å². The minimum absolute atomic E-state index is 0.481. The largest absolute Gasteiger partial charge is 0.0894 e. The first-order valence-electron chi connectivity index (χ1n) is 17.3. The topological polar surface area (TPSA) is 0 Å². The summed E-state index contributed by atoms with van der Waals surface area (Å²) in [4.78, 5) is 2.64. The Balaban J connectivity index is 1.28. The highest BCUT2D eigenvalue weighted by Gasteiger charge is 2.51. The van der Waals surface area contributed by atoms with Gasteiger partial charge in [0.25, 0.3) is 0 Å². The lowest BCUT2D eigenvalue weighted by molar-refractivity contribution is 0.723. The van der Waals surface area contributed by atoms with Gasteiger partial charge in [0.1, 0.15) is 0 Å². The van der Waals surface area contributed by atoms with Crippen LogP contribution < -0.4 is 0 Å². The second-order valence-corrected chi connectivity index (χ2v) is 14.7. The van der Waals surface area contributed by atoms with Crippen LogP contribution >= 0.6 is 11.8 Å². The Labute approximate surface area is 295 Å². The first-order chi connectivity index (χ1) is 24.8. The maximum atomic E-state index is 2.54. The predicted octanol–water partition coefficient (Wildman–Crippen LogP) is 13.3. The van der Waals surface area contributed by atoms with E-state index in [1.54, 1.807) is 0 Å². The third-order valence-electron chi connectivity index (χ3n) is 11.1. The molecule has 0 saturated heterocycles. The molecule has 50 heavy (non-hydrogen) atoms. The summed E-state index contributed by atoms with van der Waals surface area (Å²) in [7, 11) is 0. The molecule has 2 aliphatic rings. The molecule has 1 heteroatoms. The van der Waals surface area contributed by atoms with E-state index < -0.39 is 5.41 Å². The molecule has 1 aliphatic heterocycles. The molecule has 1 aliphatic carbocycles. The van der Waals surface area contributed by atoms with Gasteiger partial charge in [-0.3, -0.25) is 0 Å². The van der Waals surface area contributed by atoms with Gasteiger partial charge < -0.3 is 0 Å². The van der Waals surface area contributed by atoms with Crippen LogP contribution in [0.1, 0.15) is 22.3 Å². The number of fused-ring (bicyclic) bond motifs is 13.